The van der Waals surface area contributed by atoms with Crippen molar-refractivity contribution in [2.24, 2.45) is 0 Å². The van der Waals surface area contributed by atoms with Gasteiger partial charge in [0.1, 0.15) is 11.5 Å². The van der Waals surface area contributed by atoms with Crippen LogP contribution in [0.15, 0.2) is 41.2 Å². The van der Waals surface area contributed by atoms with Crippen LogP contribution >= 0.6 is 11.6 Å². The lowest BCUT2D eigenvalue weighted by Gasteiger charge is -2.19. The first-order chi connectivity index (χ1) is 13.5. The standard InChI is InChI=1S/C20H20ClFN4O2/c1-25-6-3-7-26(9-8-25)20(27)17-10-13(11-23-17)19-15(12-24-28-19)14-4-2-5-16(21)18(14)22/h2,4-5,10-12,23H,3,6-9H2,1H3. The number of amides is 1. The summed E-state index contributed by atoms with van der Waals surface area (Å²) in [4.78, 5) is 19.9. The smallest absolute Gasteiger partial charge is 0.270 e. The lowest BCUT2D eigenvalue weighted by molar-refractivity contribution is 0.0757. The number of halogens is 2. The van der Waals surface area contributed by atoms with Gasteiger partial charge in [-0.1, -0.05) is 28.9 Å². The van der Waals surface area contributed by atoms with Gasteiger partial charge in [0, 0.05) is 37.0 Å². The molecule has 3 aromatic rings. The number of aromatic amines is 1. The molecule has 1 aliphatic heterocycles. The highest BCUT2D eigenvalue weighted by Crippen LogP contribution is 2.35. The summed E-state index contributed by atoms with van der Waals surface area (Å²) >= 11 is 5.90. The van der Waals surface area contributed by atoms with E-state index in [2.05, 4.69) is 22.1 Å². The number of rotatable bonds is 3. The zero-order valence-electron chi connectivity index (χ0n) is 15.4. The van der Waals surface area contributed by atoms with E-state index in [1.165, 1.54) is 12.3 Å². The van der Waals surface area contributed by atoms with Crippen molar-refractivity contribution in [1.29, 1.82) is 0 Å². The first-order valence-corrected chi connectivity index (χ1v) is 9.48. The first kappa shape index (κ1) is 18.7. The van der Waals surface area contributed by atoms with Gasteiger partial charge in [0.05, 0.1) is 16.8 Å². The fourth-order valence-corrected chi connectivity index (χ4v) is 3.59. The number of H-pyrrole nitrogens is 1. The first-order valence-electron chi connectivity index (χ1n) is 9.10. The molecule has 1 amide bonds. The molecule has 0 unspecified atom stereocenters. The van der Waals surface area contributed by atoms with Crippen molar-refractivity contribution in [2.75, 3.05) is 33.2 Å². The Hall–Kier alpha value is -2.64. The second-order valence-corrected chi connectivity index (χ2v) is 7.33. The molecule has 146 valence electrons. The Morgan fingerprint density at radius 3 is 2.96 bits per heavy atom. The third-order valence-corrected chi connectivity index (χ3v) is 5.29. The summed E-state index contributed by atoms with van der Waals surface area (Å²) in [5.41, 5.74) is 1.87. The van der Waals surface area contributed by atoms with Crippen LogP contribution in [0.4, 0.5) is 4.39 Å². The van der Waals surface area contributed by atoms with Crippen LogP contribution in [0.5, 0.6) is 0 Å². The minimum absolute atomic E-state index is 0.0284. The Kier molecular flexibility index (Phi) is 5.19. The minimum atomic E-state index is -0.533. The number of carbonyl (C=O) groups is 1. The number of benzene rings is 1. The van der Waals surface area contributed by atoms with E-state index < -0.39 is 5.82 Å². The van der Waals surface area contributed by atoms with Crippen molar-refractivity contribution in [3.05, 3.63) is 53.2 Å². The Morgan fingerprint density at radius 2 is 2.11 bits per heavy atom. The van der Waals surface area contributed by atoms with Crippen LogP contribution in [-0.2, 0) is 0 Å². The molecule has 1 fully saturated rings. The summed E-state index contributed by atoms with van der Waals surface area (Å²) in [7, 11) is 2.06. The highest BCUT2D eigenvalue weighted by Gasteiger charge is 2.23. The topological polar surface area (TPSA) is 65.4 Å². The minimum Gasteiger partial charge on any atom is -0.356 e. The highest BCUT2D eigenvalue weighted by molar-refractivity contribution is 6.31. The van der Waals surface area contributed by atoms with Gasteiger partial charge in [0.15, 0.2) is 5.76 Å². The number of nitrogens with one attached hydrogen (secondary N) is 1. The molecule has 0 atom stereocenters. The zero-order valence-corrected chi connectivity index (χ0v) is 16.2. The van der Waals surface area contributed by atoms with E-state index in [4.69, 9.17) is 16.1 Å². The van der Waals surface area contributed by atoms with Crippen molar-refractivity contribution < 1.29 is 13.7 Å². The fourth-order valence-electron chi connectivity index (χ4n) is 3.42. The van der Waals surface area contributed by atoms with Gasteiger partial charge in [0.2, 0.25) is 0 Å². The molecule has 3 heterocycles. The quantitative estimate of drug-likeness (QED) is 0.721. The largest absolute Gasteiger partial charge is 0.356 e. The second kappa shape index (κ2) is 7.77. The van der Waals surface area contributed by atoms with Crippen LogP contribution in [-0.4, -0.2) is 59.1 Å². The number of hydrogen-bond acceptors (Lipinski definition) is 4. The van der Waals surface area contributed by atoms with Crippen LogP contribution in [0.2, 0.25) is 5.02 Å². The number of likely N-dealkylation sites (N-methyl/N-ethyl adjacent to an activating group) is 1. The van der Waals surface area contributed by atoms with Crippen LogP contribution in [0.1, 0.15) is 16.9 Å². The summed E-state index contributed by atoms with van der Waals surface area (Å²) < 4.78 is 19.8. The average Bonchev–Trinajstić information content (AvgIpc) is 3.30. The van der Waals surface area contributed by atoms with Crippen LogP contribution in [0.25, 0.3) is 22.5 Å². The van der Waals surface area contributed by atoms with Gasteiger partial charge >= 0.3 is 0 Å². The highest BCUT2D eigenvalue weighted by atomic mass is 35.5. The SMILES string of the molecule is CN1CCCN(C(=O)c2cc(-c3oncc3-c3cccc(Cl)c3F)c[nH]2)CC1. The summed E-state index contributed by atoms with van der Waals surface area (Å²) in [6, 6.07) is 6.48. The van der Waals surface area contributed by atoms with Crippen molar-refractivity contribution in [3.63, 3.8) is 0 Å². The normalized spacial score (nSPS) is 15.6. The van der Waals surface area contributed by atoms with Crippen molar-refractivity contribution in [2.45, 2.75) is 6.42 Å². The Labute approximate surface area is 166 Å². The molecule has 8 heteroatoms. The van der Waals surface area contributed by atoms with Gasteiger partial charge in [-0.2, -0.15) is 0 Å². The zero-order chi connectivity index (χ0) is 19.7. The van der Waals surface area contributed by atoms with E-state index >= 15 is 0 Å². The van der Waals surface area contributed by atoms with E-state index in [-0.39, 0.29) is 10.9 Å². The number of carbonyl (C=O) groups excluding carboxylic acids is 1. The predicted octanol–water partition coefficient (Wildman–Crippen LogP) is 3.91. The van der Waals surface area contributed by atoms with Crippen LogP contribution < -0.4 is 0 Å². The van der Waals surface area contributed by atoms with Gasteiger partial charge in [-0.05, 0) is 32.1 Å². The molecule has 0 bridgehead atoms. The lowest BCUT2D eigenvalue weighted by atomic mass is 10.0. The number of hydrogen-bond donors (Lipinski definition) is 1. The van der Waals surface area contributed by atoms with Gasteiger partial charge in [0.25, 0.3) is 5.91 Å². The van der Waals surface area contributed by atoms with Gasteiger partial charge in [-0.3, -0.25) is 4.79 Å². The molecule has 0 spiro atoms. The summed E-state index contributed by atoms with van der Waals surface area (Å²) in [5.74, 6) is -0.210. The van der Waals surface area contributed by atoms with E-state index in [9.17, 15) is 9.18 Å². The van der Waals surface area contributed by atoms with Gasteiger partial charge in [-0.25, -0.2) is 4.39 Å². The number of aromatic nitrogens is 2. The van der Waals surface area contributed by atoms with Crippen molar-refractivity contribution in [3.8, 4) is 22.5 Å². The Balaban J connectivity index is 1.61. The average molecular weight is 403 g/mol. The van der Waals surface area contributed by atoms with Gasteiger partial charge < -0.3 is 19.3 Å². The van der Waals surface area contributed by atoms with E-state index in [0.717, 1.165) is 26.1 Å². The molecular weight excluding hydrogens is 383 g/mol. The maximum absolute atomic E-state index is 14.4. The fraction of sp³-hybridized carbons (Fsp3) is 0.300. The molecule has 2 aromatic heterocycles. The molecule has 1 aliphatic rings. The van der Waals surface area contributed by atoms with Crippen LogP contribution in [0, 0.1) is 5.82 Å². The summed E-state index contributed by atoms with van der Waals surface area (Å²) in [6.45, 7) is 3.23. The van der Waals surface area contributed by atoms with Gasteiger partial charge in [-0.15, -0.1) is 0 Å². The lowest BCUT2D eigenvalue weighted by Crippen LogP contribution is -2.34. The number of nitrogens with zero attached hydrogens (tertiary/aromatic N) is 3. The molecule has 1 aromatic carbocycles. The summed E-state index contributed by atoms with van der Waals surface area (Å²) in [6.07, 6.45) is 4.06. The maximum Gasteiger partial charge on any atom is 0.270 e. The van der Waals surface area contributed by atoms with E-state index in [0.29, 0.717) is 34.7 Å². The molecule has 1 saturated heterocycles. The monoisotopic (exact) mass is 402 g/mol. The second-order valence-electron chi connectivity index (χ2n) is 6.92. The molecule has 28 heavy (non-hydrogen) atoms. The Bertz CT molecular complexity index is 1000. The molecule has 0 aliphatic carbocycles. The predicted molar refractivity (Wildman–Crippen MR) is 105 cm³/mol. The molecule has 0 saturated carbocycles. The van der Waals surface area contributed by atoms with E-state index in [1.54, 1.807) is 24.4 Å². The molecule has 4 rings (SSSR count). The third kappa shape index (κ3) is 3.55. The van der Waals surface area contributed by atoms with Crippen LogP contribution in [0.3, 0.4) is 0 Å². The molecular formula is C20H20ClFN4O2. The van der Waals surface area contributed by atoms with Crippen molar-refractivity contribution >= 4 is 17.5 Å². The maximum atomic E-state index is 14.4. The molecule has 0 radical (unpaired) electrons. The third-order valence-electron chi connectivity index (χ3n) is 4.99. The molecule has 6 nitrogen and oxygen atoms in total. The Morgan fingerprint density at radius 1 is 1.25 bits per heavy atom. The molecule has 1 N–H and O–H groups in total. The summed E-state index contributed by atoms with van der Waals surface area (Å²) in [5, 5.41) is 3.84. The van der Waals surface area contributed by atoms with E-state index in [1.807, 2.05) is 4.90 Å². The van der Waals surface area contributed by atoms with Crippen molar-refractivity contribution in [1.82, 2.24) is 19.9 Å².